The Kier molecular flexibility index (Phi) is 3.73. The third kappa shape index (κ3) is 2.53. The monoisotopic (exact) mass is 355 g/mol. The molecule has 0 aliphatic carbocycles. The van der Waals surface area contributed by atoms with Gasteiger partial charge in [-0.2, -0.15) is 0 Å². The summed E-state index contributed by atoms with van der Waals surface area (Å²) in [6.45, 7) is 4.85. The summed E-state index contributed by atoms with van der Waals surface area (Å²) in [7, 11) is 1.69. The number of hydrogen-bond acceptors (Lipinski definition) is 5. The highest BCUT2D eigenvalue weighted by Gasteiger charge is 2.27. The van der Waals surface area contributed by atoms with E-state index in [0.29, 0.717) is 18.8 Å². The van der Waals surface area contributed by atoms with Crippen LogP contribution < -0.4 is 11.3 Å². The predicted octanol–water partition coefficient (Wildman–Crippen LogP) is 1.08. The van der Waals surface area contributed by atoms with Gasteiger partial charge in [-0.1, -0.05) is 0 Å². The van der Waals surface area contributed by atoms with Crippen LogP contribution in [-0.4, -0.2) is 43.9 Å². The number of hydrogen-bond donors (Lipinski definition) is 1. The van der Waals surface area contributed by atoms with Gasteiger partial charge in [-0.05, 0) is 26.3 Å². The van der Waals surface area contributed by atoms with Crippen molar-refractivity contribution < 1.29 is 9.21 Å². The fourth-order valence-corrected chi connectivity index (χ4v) is 3.50. The molecule has 0 aromatic carbocycles. The van der Waals surface area contributed by atoms with Gasteiger partial charge in [0.1, 0.15) is 17.2 Å². The molecule has 1 fully saturated rings. The summed E-state index contributed by atoms with van der Waals surface area (Å²) in [6.07, 6.45) is 4.19. The third-order valence-corrected chi connectivity index (χ3v) is 4.90. The highest BCUT2D eigenvalue weighted by atomic mass is 16.3. The highest BCUT2D eigenvalue weighted by molar-refractivity contribution is 5.93. The van der Waals surface area contributed by atoms with Crippen molar-refractivity contribution in [3.63, 3.8) is 0 Å². The number of amides is 1. The van der Waals surface area contributed by atoms with Crippen LogP contribution in [-0.2, 0) is 7.05 Å². The molecule has 8 nitrogen and oxygen atoms in total. The first kappa shape index (κ1) is 16.6. The number of fused-ring (bicyclic) bond motifs is 1. The van der Waals surface area contributed by atoms with E-state index in [1.54, 1.807) is 28.7 Å². The Labute approximate surface area is 149 Å². The van der Waals surface area contributed by atoms with Crippen LogP contribution in [0.15, 0.2) is 27.7 Å². The Bertz CT molecular complexity index is 1070. The number of furan rings is 1. The van der Waals surface area contributed by atoms with E-state index in [0.717, 1.165) is 23.5 Å². The van der Waals surface area contributed by atoms with Gasteiger partial charge in [0.05, 0.1) is 5.69 Å². The lowest BCUT2D eigenvalue weighted by molar-refractivity contribution is 0.0786. The summed E-state index contributed by atoms with van der Waals surface area (Å²) in [4.78, 5) is 31.4. The van der Waals surface area contributed by atoms with Gasteiger partial charge in [-0.25, -0.2) is 4.98 Å². The minimum atomic E-state index is -0.266. The summed E-state index contributed by atoms with van der Waals surface area (Å²) < 4.78 is 8.73. The molecule has 8 heteroatoms. The number of carbonyl (C=O) groups is 1. The predicted molar refractivity (Wildman–Crippen MR) is 96.1 cm³/mol. The average Bonchev–Trinajstić information content (AvgIpc) is 3.29. The highest BCUT2D eigenvalue weighted by Crippen LogP contribution is 2.25. The molecule has 136 valence electrons. The van der Waals surface area contributed by atoms with Crippen LogP contribution >= 0.6 is 0 Å². The van der Waals surface area contributed by atoms with E-state index >= 15 is 0 Å². The number of imidazole rings is 1. The molecule has 4 heterocycles. The molecular weight excluding hydrogens is 334 g/mol. The normalized spacial score (nSPS) is 17.4. The topological polar surface area (TPSA) is 98.8 Å². The van der Waals surface area contributed by atoms with Crippen molar-refractivity contribution in [2.45, 2.75) is 26.3 Å². The summed E-state index contributed by atoms with van der Waals surface area (Å²) in [5.74, 6) is 1.32. The second-order valence-corrected chi connectivity index (χ2v) is 6.86. The number of aryl methyl sites for hydroxylation is 2. The van der Waals surface area contributed by atoms with E-state index < -0.39 is 0 Å². The van der Waals surface area contributed by atoms with Crippen molar-refractivity contribution in [1.29, 1.82) is 0 Å². The minimum absolute atomic E-state index is 0.00255. The Morgan fingerprint density at radius 3 is 2.73 bits per heavy atom. The molecular formula is C18H21N5O3. The van der Waals surface area contributed by atoms with Crippen LogP contribution in [0, 0.1) is 13.8 Å². The van der Waals surface area contributed by atoms with Gasteiger partial charge >= 0.3 is 0 Å². The molecule has 1 aliphatic rings. The maximum atomic E-state index is 12.8. The van der Waals surface area contributed by atoms with Gasteiger partial charge in [-0.3, -0.25) is 14.0 Å². The molecule has 0 bridgehead atoms. The van der Waals surface area contributed by atoms with Crippen LogP contribution in [0.25, 0.3) is 16.9 Å². The third-order valence-electron chi connectivity index (χ3n) is 4.90. The lowest BCUT2D eigenvalue weighted by atomic mass is 10.2. The van der Waals surface area contributed by atoms with Gasteiger partial charge in [0.25, 0.3) is 11.5 Å². The van der Waals surface area contributed by atoms with Crippen molar-refractivity contribution in [1.82, 2.24) is 18.9 Å². The van der Waals surface area contributed by atoms with Crippen molar-refractivity contribution in [2.75, 3.05) is 13.1 Å². The minimum Gasteiger partial charge on any atom is -0.466 e. The van der Waals surface area contributed by atoms with Gasteiger partial charge in [-0.15, -0.1) is 0 Å². The summed E-state index contributed by atoms with van der Waals surface area (Å²) in [5, 5.41) is 0. The standard InChI is InChI=1S/C18H21N5O3/c1-10-6-13(11(2)26-10)15-9-23-8-14(20-16(23)18(25)21(15)3)17(24)22-5-4-12(19)7-22/h6,8-9,12H,4-5,7,19H2,1-3H3/t12-/m1/s1. The maximum Gasteiger partial charge on any atom is 0.294 e. The fraction of sp³-hybridized carbons (Fsp3) is 0.389. The SMILES string of the molecule is Cc1cc(-c2cn3cc(C(=O)N4CC[C@@H](N)C4)nc3c(=O)n2C)c(C)o1. The molecule has 2 N–H and O–H groups in total. The molecule has 0 spiro atoms. The van der Waals surface area contributed by atoms with Gasteiger partial charge < -0.3 is 19.6 Å². The molecule has 0 unspecified atom stereocenters. The lowest BCUT2D eigenvalue weighted by Crippen LogP contribution is -2.32. The van der Waals surface area contributed by atoms with Crippen LogP contribution in [0.5, 0.6) is 0 Å². The molecule has 3 aromatic rings. The first-order valence-corrected chi connectivity index (χ1v) is 8.56. The first-order valence-electron chi connectivity index (χ1n) is 8.56. The number of likely N-dealkylation sites (tertiary alicyclic amines) is 1. The van der Waals surface area contributed by atoms with Crippen molar-refractivity contribution in [2.24, 2.45) is 12.8 Å². The van der Waals surface area contributed by atoms with Crippen LogP contribution in [0.1, 0.15) is 28.4 Å². The molecule has 3 aromatic heterocycles. The number of carbonyl (C=O) groups excluding carboxylic acids is 1. The van der Waals surface area contributed by atoms with Crippen LogP contribution in [0.4, 0.5) is 0 Å². The Morgan fingerprint density at radius 2 is 2.12 bits per heavy atom. The van der Waals surface area contributed by atoms with E-state index in [1.165, 1.54) is 4.57 Å². The second kappa shape index (κ2) is 5.84. The number of aromatic nitrogens is 3. The van der Waals surface area contributed by atoms with E-state index in [-0.39, 0.29) is 28.8 Å². The quantitative estimate of drug-likeness (QED) is 0.742. The van der Waals surface area contributed by atoms with Crippen LogP contribution in [0.3, 0.4) is 0 Å². The van der Waals surface area contributed by atoms with E-state index in [2.05, 4.69) is 4.98 Å². The van der Waals surface area contributed by atoms with Gasteiger partial charge in [0.15, 0.2) is 0 Å². The molecule has 1 amide bonds. The van der Waals surface area contributed by atoms with E-state index in [1.807, 2.05) is 19.9 Å². The summed E-state index contributed by atoms with van der Waals surface area (Å²) in [5.41, 5.74) is 7.64. The molecule has 1 atom stereocenters. The Balaban J connectivity index is 1.81. The average molecular weight is 355 g/mol. The molecule has 4 rings (SSSR count). The number of rotatable bonds is 2. The molecule has 26 heavy (non-hydrogen) atoms. The number of nitrogens with zero attached hydrogens (tertiary/aromatic N) is 4. The number of nitrogens with two attached hydrogens (primary N) is 1. The zero-order chi connectivity index (χ0) is 18.6. The smallest absolute Gasteiger partial charge is 0.294 e. The first-order chi connectivity index (χ1) is 12.3. The summed E-state index contributed by atoms with van der Waals surface area (Å²) >= 11 is 0. The maximum absolute atomic E-state index is 12.8. The lowest BCUT2D eigenvalue weighted by Gasteiger charge is -2.13. The Morgan fingerprint density at radius 1 is 1.35 bits per heavy atom. The fourth-order valence-electron chi connectivity index (χ4n) is 3.50. The van der Waals surface area contributed by atoms with Gasteiger partial charge in [0, 0.05) is 44.1 Å². The van der Waals surface area contributed by atoms with E-state index in [9.17, 15) is 9.59 Å². The zero-order valence-corrected chi connectivity index (χ0v) is 15.0. The largest absolute Gasteiger partial charge is 0.466 e. The second-order valence-electron chi connectivity index (χ2n) is 6.86. The molecule has 0 saturated carbocycles. The van der Waals surface area contributed by atoms with Crippen molar-refractivity contribution in [3.8, 4) is 11.3 Å². The van der Waals surface area contributed by atoms with Gasteiger partial charge in [0.2, 0.25) is 5.65 Å². The molecule has 0 radical (unpaired) electrons. The molecule has 1 saturated heterocycles. The zero-order valence-electron chi connectivity index (χ0n) is 15.0. The Hall–Kier alpha value is -2.87. The van der Waals surface area contributed by atoms with Crippen LogP contribution in [0.2, 0.25) is 0 Å². The summed E-state index contributed by atoms with van der Waals surface area (Å²) in [6, 6.07) is 1.90. The van der Waals surface area contributed by atoms with Crippen molar-refractivity contribution in [3.05, 3.63) is 46.0 Å². The molecule has 1 aliphatic heterocycles. The van der Waals surface area contributed by atoms with E-state index in [4.69, 9.17) is 10.2 Å². The van der Waals surface area contributed by atoms with Crippen molar-refractivity contribution >= 4 is 11.6 Å².